The van der Waals surface area contributed by atoms with E-state index in [4.69, 9.17) is 33.7 Å². The van der Waals surface area contributed by atoms with E-state index < -0.39 is 0 Å². The Morgan fingerprint density at radius 1 is 1.19 bits per heavy atom. The fraction of sp³-hybridized carbons (Fsp3) is 0.0714. The Morgan fingerprint density at radius 2 is 2.00 bits per heavy atom. The highest BCUT2D eigenvalue weighted by Gasteiger charge is 2.18. The van der Waals surface area contributed by atoms with Crippen molar-refractivity contribution in [3.63, 3.8) is 0 Å². The molecule has 0 atom stereocenters. The first-order valence-electron chi connectivity index (χ1n) is 6.11. The highest BCUT2D eigenvalue weighted by molar-refractivity contribution is 6.42. The predicted molar refractivity (Wildman–Crippen MR) is 84.7 cm³/mol. The van der Waals surface area contributed by atoms with Crippen molar-refractivity contribution < 1.29 is 9.53 Å². The Kier molecular flexibility index (Phi) is 3.53. The first kappa shape index (κ1) is 13.9. The van der Waals surface area contributed by atoms with E-state index in [0.717, 1.165) is 5.69 Å². The molecule has 3 rings (SSSR count). The number of benzene rings is 2. The lowest BCUT2D eigenvalue weighted by molar-refractivity contribution is -0.118. The van der Waals surface area contributed by atoms with Gasteiger partial charge in [0.25, 0.3) is 5.91 Å². The van der Waals surface area contributed by atoms with E-state index in [1.165, 1.54) is 0 Å². The molecule has 21 heavy (non-hydrogen) atoms. The van der Waals surface area contributed by atoms with Gasteiger partial charge >= 0.3 is 0 Å². The number of fused-ring (bicyclic) bond motifs is 1. The molecular weight excluding hydrogens is 313 g/mol. The molecule has 1 heterocycles. The van der Waals surface area contributed by atoms with Gasteiger partial charge < -0.3 is 21.1 Å². The number of amides is 1. The molecule has 1 aliphatic heterocycles. The van der Waals surface area contributed by atoms with Gasteiger partial charge in [0, 0.05) is 11.8 Å². The largest absolute Gasteiger partial charge is 0.482 e. The molecule has 2 aromatic carbocycles. The lowest BCUT2D eigenvalue weighted by atomic mass is 10.2. The molecule has 0 saturated heterocycles. The highest BCUT2D eigenvalue weighted by atomic mass is 35.5. The maximum atomic E-state index is 11.3. The maximum absolute atomic E-state index is 11.3. The molecule has 0 unspecified atom stereocenters. The zero-order chi connectivity index (χ0) is 15.0. The minimum absolute atomic E-state index is 0.00793. The number of nitrogen functional groups attached to an aromatic ring is 1. The van der Waals surface area contributed by atoms with E-state index >= 15 is 0 Å². The fourth-order valence-electron chi connectivity index (χ4n) is 1.98. The first-order valence-corrected chi connectivity index (χ1v) is 6.87. The van der Waals surface area contributed by atoms with Crippen molar-refractivity contribution in [3.05, 3.63) is 40.4 Å². The van der Waals surface area contributed by atoms with Gasteiger partial charge in [0.05, 0.1) is 27.1 Å². The molecule has 108 valence electrons. The number of ether oxygens (including phenoxy) is 1. The van der Waals surface area contributed by atoms with Crippen molar-refractivity contribution in [1.82, 2.24) is 0 Å². The van der Waals surface area contributed by atoms with Crippen molar-refractivity contribution in [2.45, 2.75) is 0 Å². The summed E-state index contributed by atoms with van der Waals surface area (Å²) in [6, 6.07) is 8.53. The van der Waals surface area contributed by atoms with Gasteiger partial charge in [-0.2, -0.15) is 0 Å². The van der Waals surface area contributed by atoms with Crippen LogP contribution in [0, 0.1) is 0 Å². The van der Waals surface area contributed by atoms with Crippen LogP contribution in [0.4, 0.5) is 22.7 Å². The molecule has 4 N–H and O–H groups in total. The third-order valence-electron chi connectivity index (χ3n) is 2.98. The number of carbonyl (C=O) groups is 1. The van der Waals surface area contributed by atoms with Gasteiger partial charge in [0.1, 0.15) is 5.75 Å². The lowest BCUT2D eigenvalue weighted by Gasteiger charge is -2.20. The summed E-state index contributed by atoms with van der Waals surface area (Å²) in [4.78, 5) is 11.3. The van der Waals surface area contributed by atoms with Crippen LogP contribution in [0.25, 0.3) is 0 Å². The van der Waals surface area contributed by atoms with Crippen LogP contribution in [-0.2, 0) is 4.79 Å². The second-order valence-corrected chi connectivity index (χ2v) is 5.34. The standard InChI is InChI=1S/C14H11Cl2N3O2/c15-8-2-1-7(3-9(8)16)18-11-5-12-13(4-10(11)17)21-6-14(20)19-12/h1-5,18H,6,17H2,(H,19,20). The number of nitrogens with one attached hydrogen (secondary N) is 2. The minimum atomic E-state index is -0.201. The van der Waals surface area contributed by atoms with E-state index in [-0.39, 0.29) is 12.5 Å². The third kappa shape index (κ3) is 2.84. The van der Waals surface area contributed by atoms with Crippen LogP contribution in [0.3, 0.4) is 0 Å². The van der Waals surface area contributed by atoms with Crippen LogP contribution in [0.2, 0.25) is 10.0 Å². The van der Waals surface area contributed by atoms with Crippen LogP contribution in [0.5, 0.6) is 5.75 Å². The average Bonchev–Trinajstić information content (AvgIpc) is 2.44. The van der Waals surface area contributed by atoms with Gasteiger partial charge in [-0.1, -0.05) is 23.2 Å². The molecule has 5 nitrogen and oxygen atoms in total. The smallest absolute Gasteiger partial charge is 0.262 e. The number of carbonyl (C=O) groups excluding carboxylic acids is 1. The molecule has 0 aromatic heterocycles. The molecule has 0 saturated carbocycles. The van der Waals surface area contributed by atoms with Crippen molar-refractivity contribution in [3.8, 4) is 5.75 Å². The van der Waals surface area contributed by atoms with Gasteiger partial charge in [-0.3, -0.25) is 4.79 Å². The Morgan fingerprint density at radius 3 is 2.76 bits per heavy atom. The molecule has 0 bridgehead atoms. The van der Waals surface area contributed by atoms with Crippen LogP contribution in [0.15, 0.2) is 30.3 Å². The van der Waals surface area contributed by atoms with E-state index in [2.05, 4.69) is 10.6 Å². The molecule has 7 heteroatoms. The van der Waals surface area contributed by atoms with Gasteiger partial charge in [-0.25, -0.2) is 0 Å². The normalized spacial score (nSPS) is 13.1. The topological polar surface area (TPSA) is 76.4 Å². The van der Waals surface area contributed by atoms with Crippen molar-refractivity contribution >= 4 is 51.9 Å². The number of hydrogen-bond donors (Lipinski definition) is 3. The summed E-state index contributed by atoms with van der Waals surface area (Å²) < 4.78 is 5.30. The number of rotatable bonds is 2. The Bertz CT molecular complexity index is 734. The van der Waals surface area contributed by atoms with Crippen LogP contribution < -0.4 is 21.1 Å². The first-order chi connectivity index (χ1) is 10.0. The zero-order valence-electron chi connectivity index (χ0n) is 10.7. The molecule has 0 radical (unpaired) electrons. The highest BCUT2D eigenvalue weighted by Crippen LogP contribution is 2.37. The summed E-state index contributed by atoms with van der Waals surface area (Å²) in [5.41, 5.74) is 8.42. The molecule has 2 aromatic rings. The van der Waals surface area contributed by atoms with E-state index in [9.17, 15) is 4.79 Å². The van der Waals surface area contributed by atoms with E-state index in [1.54, 1.807) is 30.3 Å². The van der Waals surface area contributed by atoms with Gasteiger partial charge in [-0.05, 0) is 24.3 Å². The van der Waals surface area contributed by atoms with Crippen molar-refractivity contribution in [1.29, 1.82) is 0 Å². The Hall–Kier alpha value is -2.11. The molecule has 0 aliphatic carbocycles. The van der Waals surface area contributed by atoms with Crippen LogP contribution >= 0.6 is 23.2 Å². The molecular formula is C14H11Cl2N3O2. The second-order valence-electron chi connectivity index (χ2n) is 4.53. The van der Waals surface area contributed by atoms with Gasteiger partial charge in [0.15, 0.2) is 6.61 Å². The summed E-state index contributed by atoms with van der Waals surface area (Å²) in [6.45, 7) is -0.00793. The summed E-state index contributed by atoms with van der Waals surface area (Å²) >= 11 is 11.9. The SMILES string of the molecule is Nc1cc2c(cc1Nc1ccc(Cl)c(Cl)c1)NC(=O)CO2. The number of halogens is 2. The maximum Gasteiger partial charge on any atom is 0.262 e. The zero-order valence-corrected chi connectivity index (χ0v) is 12.3. The van der Waals surface area contributed by atoms with Gasteiger partial charge in [-0.15, -0.1) is 0 Å². The summed E-state index contributed by atoms with van der Waals surface area (Å²) in [5.74, 6) is 0.347. The van der Waals surface area contributed by atoms with Crippen molar-refractivity contribution in [2.75, 3.05) is 23.0 Å². The monoisotopic (exact) mass is 323 g/mol. The number of hydrogen-bond acceptors (Lipinski definition) is 4. The Balaban J connectivity index is 1.93. The molecule has 0 spiro atoms. The third-order valence-corrected chi connectivity index (χ3v) is 3.72. The van der Waals surface area contributed by atoms with Crippen LogP contribution in [-0.4, -0.2) is 12.5 Å². The quantitative estimate of drug-likeness (QED) is 0.737. The van der Waals surface area contributed by atoms with Crippen molar-refractivity contribution in [2.24, 2.45) is 0 Å². The fourth-order valence-corrected chi connectivity index (χ4v) is 2.28. The van der Waals surface area contributed by atoms with E-state index in [0.29, 0.717) is 32.9 Å². The number of nitrogens with two attached hydrogens (primary N) is 1. The lowest BCUT2D eigenvalue weighted by Crippen LogP contribution is -2.25. The molecule has 1 aliphatic rings. The summed E-state index contributed by atoms with van der Waals surface area (Å²) in [6.07, 6.45) is 0. The average molecular weight is 324 g/mol. The van der Waals surface area contributed by atoms with E-state index in [1.807, 2.05) is 0 Å². The van der Waals surface area contributed by atoms with Gasteiger partial charge in [0.2, 0.25) is 0 Å². The predicted octanol–water partition coefficient (Wildman–Crippen LogP) is 3.65. The molecule has 0 fully saturated rings. The Labute approximate surface area is 131 Å². The second kappa shape index (κ2) is 5.35. The van der Waals surface area contributed by atoms with Crippen LogP contribution in [0.1, 0.15) is 0 Å². The number of anilines is 4. The summed E-state index contributed by atoms with van der Waals surface area (Å²) in [5, 5.41) is 6.77. The minimum Gasteiger partial charge on any atom is -0.482 e. The molecule has 1 amide bonds. The summed E-state index contributed by atoms with van der Waals surface area (Å²) in [7, 11) is 0.